The predicted molar refractivity (Wildman–Crippen MR) is 200 cm³/mol. The lowest BCUT2D eigenvalue weighted by molar-refractivity contribution is 0.103. The minimum Gasteiger partial charge on any atom is -0.772 e. The zero-order valence-electron chi connectivity index (χ0n) is 27.3. The molecule has 0 amide bonds. The van der Waals surface area contributed by atoms with Crippen molar-refractivity contribution in [3.8, 4) is 10.4 Å². The van der Waals surface area contributed by atoms with Crippen LogP contribution in [-0.2, 0) is 30.7 Å². The van der Waals surface area contributed by atoms with E-state index in [0.29, 0.717) is 34.6 Å². The average Bonchev–Trinajstić information content (AvgIpc) is 3.48. The number of nitrogen functional groups attached to an aromatic ring is 1. The SMILES string of the molecule is CCS(=O)[O-].CN(Cc1ccccc1)Cc1c(-c2ccc(N)cc2)sc2c1c(=O)c(C(=O)c1ccccc1)cn2Cc1c(F)cccc1F.Cl. The molecule has 1 atom stereocenters. The number of nitrogens with two attached hydrogens (primary N) is 1. The number of fused-ring (bicyclic) bond motifs is 1. The number of benzene rings is 4. The summed E-state index contributed by atoms with van der Waals surface area (Å²) >= 11 is -0.464. The molecule has 0 saturated heterocycles. The van der Waals surface area contributed by atoms with E-state index in [-0.39, 0.29) is 35.8 Å². The highest BCUT2D eigenvalue weighted by Gasteiger charge is 2.25. The first-order valence-electron chi connectivity index (χ1n) is 15.4. The van der Waals surface area contributed by atoms with Crippen molar-refractivity contribution in [3.63, 3.8) is 0 Å². The van der Waals surface area contributed by atoms with Crippen LogP contribution in [0.4, 0.5) is 14.5 Å². The van der Waals surface area contributed by atoms with Crippen LogP contribution in [0.1, 0.15) is 39.5 Å². The number of ketones is 1. The smallest absolute Gasteiger partial charge is 0.201 e. The number of thiophene rings is 1. The quantitative estimate of drug-likeness (QED) is 0.0874. The second-order valence-corrected chi connectivity index (χ2v) is 13.5. The highest BCUT2D eigenvalue weighted by Crippen LogP contribution is 2.39. The molecule has 0 radical (unpaired) electrons. The van der Waals surface area contributed by atoms with E-state index < -0.39 is 33.9 Å². The van der Waals surface area contributed by atoms with Crippen molar-refractivity contribution in [2.24, 2.45) is 0 Å². The molecule has 1 unspecified atom stereocenters. The Morgan fingerprint density at radius 2 is 1.46 bits per heavy atom. The fraction of sp³-hybridized carbons (Fsp3) is 0.158. The van der Waals surface area contributed by atoms with Crippen LogP contribution < -0.4 is 11.2 Å². The van der Waals surface area contributed by atoms with Crippen molar-refractivity contribution in [1.29, 1.82) is 0 Å². The summed E-state index contributed by atoms with van der Waals surface area (Å²) in [4.78, 5) is 31.5. The third-order valence-electron chi connectivity index (χ3n) is 7.81. The van der Waals surface area contributed by atoms with Gasteiger partial charge in [-0.15, -0.1) is 23.7 Å². The number of anilines is 1. The molecular weight excluding hydrogens is 700 g/mol. The summed E-state index contributed by atoms with van der Waals surface area (Å²) < 4.78 is 50.2. The lowest BCUT2D eigenvalue weighted by atomic mass is 10.00. The monoisotopic (exact) mass is 734 g/mol. The van der Waals surface area contributed by atoms with Gasteiger partial charge in [0.15, 0.2) is 5.78 Å². The summed E-state index contributed by atoms with van der Waals surface area (Å²) in [6.07, 6.45) is 1.44. The van der Waals surface area contributed by atoms with Crippen LogP contribution in [0.15, 0.2) is 114 Å². The molecule has 6 rings (SSSR count). The minimum atomic E-state index is -1.82. The molecule has 0 spiro atoms. The van der Waals surface area contributed by atoms with E-state index in [9.17, 15) is 27.1 Å². The Morgan fingerprint density at radius 1 is 0.880 bits per heavy atom. The highest BCUT2D eigenvalue weighted by molar-refractivity contribution is 7.79. The number of hydrogen-bond acceptors (Lipinski definition) is 7. The standard InChI is InChI=1S/C36H29F2N3O2S.C2H6O2S.ClH/c1-40(19-23-9-4-2-5-10-23)20-28-32-34(43)29(33(42)24-11-6-3-7-12-24)22-41(21-27-30(37)13-8-14-31(27)38)36(32)44-35(28)25-15-17-26(39)18-16-25;1-2-5(3)4;/h2-18,22H,19-21,39H2,1H3;2H2,1H3,(H,3,4);1H/p-1. The number of nitrogens with zero attached hydrogens (tertiary/aromatic N) is 2. The van der Waals surface area contributed by atoms with Crippen LogP contribution in [0.3, 0.4) is 0 Å². The molecular formula is C38H35ClF2N3O4S2-. The zero-order valence-corrected chi connectivity index (χ0v) is 29.8. The molecule has 0 fully saturated rings. The first-order valence-corrected chi connectivity index (χ1v) is 17.5. The summed E-state index contributed by atoms with van der Waals surface area (Å²) in [6.45, 7) is 2.39. The zero-order chi connectivity index (χ0) is 35.1. The topological polar surface area (TPSA) is 108 Å². The molecule has 0 aliphatic rings. The minimum absolute atomic E-state index is 0. The van der Waals surface area contributed by atoms with E-state index in [2.05, 4.69) is 4.90 Å². The number of carbonyl (C=O) groups is 1. The molecule has 7 nitrogen and oxygen atoms in total. The molecule has 6 aromatic rings. The van der Waals surface area contributed by atoms with Gasteiger partial charge >= 0.3 is 0 Å². The summed E-state index contributed by atoms with van der Waals surface area (Å²) in [5.74, 6) is -1.64. The molecule has 260 valence electrons. The van der Waals surface area contributed by atoms with Gasteiger partial charge in [-0.25, -0.2) is 8.78 Å². The van der Waals surface area contributed by atoms with E-state index in [1.807, 2.05) is 49.5 Å². The fourth-order valence-corrected chi connectivity index (χ4v) is 6.70. The molecule has 0 saturated carbocycles. The normalized spacial score (nSPS) is 11.5. The van der Waals surface area contributed by atoms with Crippen LogP contribution in [-0.4, -0.2) is 36.8 Å². The first kappa shape index (κ1) is 38.3. The number of aromatic nitrogens is 1. The highest BCUT2D eigenvalue weighted by atomic mass is 35.5. The number of carbonyl (C=O) groups excluding carboxylic acids is 1. The number of hydrogen-bond donors (Lipinski definition) is 1. The van der Waals surface area contributed by atoms with Crippen LogP contribution in [0.25, 0.3) is 20.7 Å². The molecule has 2 N–H and O–H groups in total. The van der Waals surface area contributed by atoms with Gasteiger partial charge in [-0.1, -0.05) is 96.9 Å². The predicted octanol–water partition coefficient (Wildman–Crippen LogP) is 7.81. The molecule has 0 aliphatic heterocycles. The van der Waals surface area contributed by atoms with Crippen molar-refractivity contribution in [2.45, 2.75) is 26.6 Å². The molecule has 12 heteroatoms. The van der Waals surface area contributed by atoms with Gasteiger partial charge in [-0.2, -0.15) is 0 Å². The molecule has 0 bridgehead atoms. The largest absolute Gasteiger partial charge is 0.772 e. The maximum absolute atomic E-state index is 14.9. The summed E-state index contributed by atoms with van der Waals surface area (Å²) in [7, 11) is 1.97. The number of halogens is 3. The van der Waals surface area contributed by atoms with Gasteiger partial charge < -0.3 is 14.9 Å². The summed E-state index contributed by atoms with van der Waals surface area (Å²) in [6, 6.07) is 29.6. The summed E-state index contributed by atoms with van der Waals surface area (Å²) in [5, 5.41) is 0.361. The average molecular weight is 735 g/mol. The lowest BCUT2D eigenvalue weighted by Gasteiger charge is -2.18. The molecule has 2 heterocycles. The van der Waals surface area contributed by atoms with Gasteiger partial charge in [-0.3, -0.25) is 18.7 Å². The molecule has 4 aromatic carbocycles. The van der Waals surface area contributed by atoms with E-state index in [0.717, 1.165) is 21.6 Å². The van der Waals surface area contributed by atoms with Crippen molar-refractivity contribution < 1.29 is 22.3 Å². The van der Waals surface area contributed by atoms with Gasteiger partial charge in [-0.05, 0) is 48.0 Å². The second kappa shape index (κ2) is 17.4. The maximum atomic E-state index is 14.9. The van der Waals surface area contributed by atoms with E-state index in [1.165, 1.54) is 35.7 Å². The molecule has 0 aliphatic carbocycles. The Kier molecular flexibility index (Phi) is 13.3. The van der Waals surface area contributed by atoms with E-state index in [1.54, 1.807) is 54.0 Å². The van der Waals surface area contributed by atoms with Gasteiger partial charge in [0.1, 0.15) is 16.5 Å². The number of pyridine rings is 1. The van der Waals surface area contributed by atoms with Crippen LogP contribution in [0, 0.1) is 11.6 Å². The van der Waals surface area contributed by atoms with Crippen LogP contribution in [0.2, 0.25) is 0 Å². The molecule has 2 aromatic heterocycles. The second-order valence-electron chi connectivity index (χ2n) is 11.4. The first-order chi connectivity index (χ1) is 23.6. The van der Waals surface area contributed by atoms with Crippen LogP contribution in [0.5, 0.6) is 0 Å². The Balaban J connectivity index is 0.000000875. The Hall–Kier alpha value is -4.52. The van der Waals surface area contributed by atoms with Crippen molar-refractivity contribution in [1.82, 2.24) is 9.47 Å². The Bertz CT molecular complexity index is 2140. The van der Waals surface area contributed by atoms with Gasteiger partial charge in [0.2, 0.25) is 5.43 Å². The fourth-order valence-electron chi connectivity index (χ4n) is 5.41. The van der Waals surface area contributed by atoms with Crippen molar-refractivity contribution in [3.05, 3.63) is 159 Å². The van der Waals surface area contributed by atoms with Gasteiger partial charge in [0.05, 0.1) is 17.5 Å². The van der Waals surface area contributed by atoms with Gasteiger partial charge in [0, 0.05) is 46.7 Å². The Morgan fingerprint density at radius 3 is 2.04 bits per heavy atom. The maximum Gasteiger partial charge on any atom is 0.201 e. The molecule has 50 heavy (non-hydrogen) atoms. The lowest BCUT2D eigenvalue weighted by Crippen LogP contribution is -2.22. The van der Waals surface area contributed by atoms with E-state index in [4.69, 9.17) is 5.73 Å². The number of rotatable bonds is 10. The van der Waals surface area contributed by atoms with Crippen molar-refractivity contribution >= 4 is 56.5 Å². The van der Waals surface area contributed by atoms with E-state index >= 15 is 0 Å². The Labute approximate surface area is 301 Å². The third kappa shape index (κ3) is 8.98. The third-order valence-corrected chi connectivity index (χ3v) is 9.60. The van der Waals surface area contributed by atoms with Crippen LogP contribution >= 0.6 is 23.7 Å². The van der Waals surface area contributed by atoms with Crippen molar-refractivity contribution in [2.75, 3.05) is 18.5 Å². The summed E-state index contributed by atoms with van der Waals surface area (Å²) in [5.41, 5.74) is 9.01. The van der Waals surface area contributed by atoms with Gasteiger partial charge in [0.25, 0.3) is 0 Å².